The van der Waals surface area contributed by atoms with Crippen LogP contribution < -0.4 is 5.32 Å². The minimum atomic E-state index is -1.53. The average molecular weight is 492 g/mol. The fourth-order valence-electron chi connectivity index (χ4n) is 5.15. The number of benzene rings is 2. The van der Waals surface area contributed by atoms with Gasteiger partial charge in [-0.25, -0.2) is 9.18 Å². The van der Waals surface area contributed by atoms with Gasteiger partial charge in [-0.05, 0) is 54.2 Å². The molecule has 0 bridgehead atoms. The highest BCUT2D eigenvalue weighted by Crippen LogP contribution is 2.41. The molecule has 8 heteroatoms. The van der Waals surface area contributed by atoms with Gasteiger partial charge in [0, 0.05) is 43.6 Å². The molecule has 7 nitrogen and oxygen atoms in total. The molecule has 1 N–H and O–H groups in total. The number of anilines is 1. The van der Waals surface area contributed by atoms with Crippen molar-refractivity contribution in [2.45, 2.75) is 56.2 Å². The number of rotatable bonds is 5. The van der Waals surface area contributed by atoms with Gasteiger partial charge in [0.15, 0.2) is 0 Å². The lowest BCUT2D eigenvalue weighted by Gasteiger charge is -2.37. The van der Waals surface area contributed by atoms with Gasteiger partial charge in [-0.3, -0.25) is 10.1 Å². The Balaban J connectivity index is 1.27. The highest BCUT2D eigenvalue weighted by atomic mass is 19.1. The third-order valence-corrected chi connectivity index (χ3v) is 7.62. The maximum atomic E-state index is 15.7. The zero-order valence-electron chi connectivity index (χ0n) is 20.2. The van der Waals surface area contributed by atoms with Crippen molar-refractivity contribution in [3.05, 3.63) is 64.7 Å². The molecule has 2 aliphatic heterocycles. The quantitative estimate of drug-likeness (QED) is 0.616. The second-order valence-corrected chi connectivity index (χ2v) is 9.89. The summed E-state index contributed by atoms with van der Waals surface area (Å²) >= 11 is 0. The first-order valence-corrected chi connectivity index (χ1v) is 12.6. The molecule has 1 atom stereocenters. The lowest BCUT2D eigenvalue weighted by atomic mass is 9.79. The predicted molar refractivity (Wildman–Crippen MR) is 131 cm³/mol. The van der Waals surface area contributed by atoms with Crippen LogP contribution in [-0.4, -0.2) is 49.3 Å². The molecule has 3 aliphatic rings. The van der Waals surface area contributed by atoms with Crippen LogP contribution in [0, 0.1) is 11.3 Å². The van der Waals surface area contributed by atoms with Gasteiger partial charge in [-0.2, -0.15) is 5.26 Å². The van der Waals surface area contributed by atoms with Crippen LogP contribution in [-0.2, 0) is 15.1 Å². The van der Waals surface area contributed by atoms with Gasteiger partial charge in [0.25, 0.3) is 5.91 Å². The SMILES string of the molecule is N#Cc1ccc(C2(F)CCN(C(=O)c3ccc(C4CCC4)c(NC(=O)O[C@@H]4CCOC4)c3)CC2)cc1. The molecule has 2 amide bonds. The Hall–Kier alpha value is -3.44. The van der Waals surface area contributed by atoms with E-state index in [1.54, 1.807) is 41.3 Å². The van der Waals surface area contributed by atoms with Crippen molar-refractivity contribution in [1.82, 2.24) is 4.90 Å². The van der Waals surface area contributed by atoms with Crippen LogP contribution in [0.4, 0.5) is 14.9 Å². The number of nitriles is 1. The van der Waals surface area contributed by atoms with E-state index in [9.17, 15) is 9.59 Å². The molecular weight excluding hydrogens is 461 g/mol. The molecule has 2 saturated heterocycles. The normalized spacial score (nSPS) is 21.3. The lowest BCUT2D eigenvalue weighted by molar-refractivity contribution is 0.0421. The molecule has 2 aromatic carbocycles. The van der Waals surface area contributed by atoms with Crippen molar-refractivity contribution in [1.29, 1.82) is 5.26 Å². The van der Waals surface area contributed by atoms with E-state index in [1.165, 1.54) is 0 Å². The van der Waals surface area contributed by atoms with Gasteiger partial charge >= 0.3 is 6.09 Å². The van der Waals surface area contributed by atoms with Crippen LogP contribution in [0.1, 0.15) is 71.5 Å². The number of halogens is 1. The fraction of sp³-hybridized carbons (Fsp3) is 0.464. The summed E-state index contributed by atoms with van der Waals surface area (Å²) in [6.45, 7) is 1.55. The number of hydrogen-bond acceptors (Lipinski definition) is 5. The monoisotopic (exact) mass is 491 g/mol. The average Bonchev–Trinajstić information content (AvgIpc) is 3.37. The van der Waals surface area contributed by atoms with Crippen molar-refractivity contribution in [2.75, 3.05) is 31.6 Å². The van der Waals surface area contributed by atoms with E-state index in [0.29, 0.717) is 47.9 Å². The van der Waals surface area contributed by atoms with Crippen molar-refractivity contribution >= 4 is 17.7 Å². The first-order chi connectivity index (χ1) is 17.4. The Labute approximate surface area is 210 Å². The number of alkyl halides is 1. The van der Waals surface area contributed by atoms with E-state index in [0.717, 1.165) is 24.8 Å². The Kier molecular flexibility index (Phi) is 6.92. The van der Waals surface area contributed by atoms with E-state index < -0.39 is 11.8 Å². The second-order valence-electron chi connectivity index (χ2n) is 9.89. The molecule has 3 fully saturated rings. The van der Waals surface area contributed by atoms with Crippen molar-refractivity contribution < 1.29 is 23.5 Å². The van der Waals surface area contributed by atoms with Gasteiger partial charge in [0.2, 0.25) is 0 Å². The number of piperidine rings is 1. The molecule has 2 heterocycles. The van der Waals surface area contributed by atoms with Crippen molar-refractivity contribution in [3.63, 3.8) is 0 Å². The summed E-state index contributed by atoms with van der Waals surface area (Å²) < 4.78 is 26.4. The highest BCUT2D eigenvalue weighted by Gasteiger charge is 2.38. The molecule has 188 valence electrons. The summed E-state index contributed by atoms with van der Waals surface area (Å²) in [5.41, 5.74) is 1.58. The Morgan fingerprint density at radius 2 is 1.86 bits per heavy atom. The Morgan fingerprint density at radius 3 is 2.47 bits per heavy atom. The van der Waals surface area contributed by atoms with Crippen LogP contribution >= 0.6 is 0 Å². The zero-order chi connectivity index (χ0) is 25.1. The lowest BCUT2D eigenvalue weighted by Crippen LogP contribution is -2.43. The number of nitrogens with zero attached hydrogens (tertiary/aromatic N) is 2. The smallest absolute Gasteiger partial charge is 0.411 e. The van der Waals surface area contributed by atoms with Gasteiger partial charge in [-0.15, -0.1) is 0 Å². The summed E-state index contributed by atoms with van der Waals surface area (Å²) in [5.74, 6) is 0.173. The summed E-state index contributed by atoms with van der Waals surface area (Å²) in [6.07, 6.45) is 3.49. The number of amides is 2. The molecule has 0 spiro atoms. The number of hydrogen-bond donors (Lipinski definition) is 1. The maximum absolute atomic E-state index is 15.7. The van der Waals surface area contributed by atoms with Crippen LogP contribution in [0.25, 0.3) is 0 Å². The molecular formula is C28H30FN3O4. The van der Waals surface area contributed by atoms with E-state index >= 15 is 4.39 Å². The summed E-state index contributed by atoms with van der Waals surface area (Å²) in [6, 6.07) is 14.1. The highest BCUT2D eigenvalue weighted by molar-refractivity contribution is 5.97. The first kappa shape index (κ1) is 24.3. The van der Waals surface area contributed by atoms with Crippen LogP contribution in [0.3, 0.4) is 0 Å². The standard InChI is InChI=1S/C28H30FN3O4/c29-28(22-7-4-19(17-30)5-8-22)11-13-32(14-12-28)26(33)21-6-9-24(20-2-1-3-20)25(16-21)31-27(34)36-23-10-15-35-18-23/h4-9,16,20,23H,1-3,10-15,18H2,(H,31,34)/t23-/m1/s1. The van der Waals surface area contributed by atoms with E-state index in [1.807, 2.05) is 12.1 Å². The van der Waals surface area contributed by atoms with Crippen LogP contribution in [0.15, 0.2) is 42.5 Å². The molecule has 5 rings (SSSR count). The fourth-order valence-corrected chi connectivity index (χ4v) is 5.15. The third kappa shape index (κ3) is 5.07. The van der Waals surface area contributed by atoms with Crippen LogP contribution in [0.5, 0.6) is 0 Å². The number of ether oxygens (including phenoxy) is 2. The third-order valence-electron chi connectivity index (χ3n) is 7.62. The van der Waals surface area contributed by atoms with E-state index in [4.69, 9.17) is 14.7 Å². The topological polar surface area (TPSA) is 91.7 Å². The molecule has 0 radical (unpaired) electrons. The second kappa shape index (κ2) is 10.3. The summed E-state index contributed by atoms with van der Waals surface area (Å²) in [4.78, 5) is 27.5. The van der Waals surface area contributed by atoms with Crippen LogP contribution in [0.2, 0.25) is 0 Å². The molecule has 0 unspecified atom stereocenters. The Morgan fingerprint density at radius 1 is 1.11 bits per heavy atom. The molecule has 1 saturated carbocycles. The van der Waals surface area contributed by atoms with E-state index in [2.05, 4.69) is 5.32 Å². The maximum Gasteiger partial charge on any atom is 0.411 e. The van der Waals surface area contributed by atoms with E-state index in [-0.39, 0.29) is 37.9 Å². The van der Waals surface area contributed by atoms with Gasteiger partial charge in [-0.1, -0.05) is 24.6 Å². The summed E-state index contributed by atoms with van der Waals surface area (Å²) in [5, 5.41) is 11.8. The number of carbonyl (C=O) groups is 2. The minimum absolute atomic E-state index is 0.183. The van der Waals surface area contributed by atoms with Crippen molar-refractivity contribution in [2.24, 2.45) is 0 Å². The Bertz CT molecular complexity index is 1160. The number of nitrogens with one attached hydrogen (secondary N) is 1. The summed E-state index contributed by atoms with van der Waals surface area (Å²) in [7, 11) is 0. The zero-order valence-corrected chi connectivity index (χ0v) is 20.2. The number of carbonyl (C=O) groups excluding carboxylic acids is 2. The number of likely N-dealkylation sites (tertiary alicyclic amines) is 1. The predicted octanol–water partition coefficient (Wildman–Crippen LogP) is 5.26. The van der Waals surface area contributed by atoms with Gasteiger partial charge in [0.05, 0.1) is 24.8 Å². The molecule has 2 aromatic rings. The first-order valence-electron chi connectivity index (χ1n) is 12.6. The minimum Gasteiger partial charge on any atom is -0.443 e. The van der Waals surface area contributed by atoms with Gasteiger partial charge < -0.3 is 14.4 Å². The molecule has 36 heavy (non-hydrogen) atoms. The van der Waals surface area contributed by atoms with Crippen molar-refractivity contribution in [3.8, 4) is 6.07 Å². The molecule has 1 aliphatic carbocycles. The largest absolute Gasteiger partial charge is 0.443 e. The van der Waals surface area contributed by atoms with Gasteiger partial charge in [0.1, 0.15) is 11.8 Å². The molecule has 0 aromatic heterocycles.